The first-order chi connectivity index (χ1) is 10.0. The zero-order valence-electron chi connectivity index (χ0n) is 12.8. The minimum Gasteiger partial charge on any atom is -0.305 e. The third kappa shape index (κ3) is 4.58. The Morgan fingerprint density at radius 3 is 2.14 bits per heavy atom. The molecule has 0 spiro atoms. The fraction of sp³-hybridized carbons (Fsp3) is 0.333. The van der Waals surface area contributed by atoms with Crippen molar-refractivity contribution in [2.45, 2.75) is 24.6 Å². The van der Waals surface area contributed by atoms with Crippen molar-refractivity contribution in [2.24, 2.45) is 0 Å². The number of hydrogen-bond acceptors (Lipinski definition) is 2. The molecule has 0 saturated heterocycles. The molecule has 0 aliphatic rings. The molecule has 0 saturated carbocycles. The Labute approximate surface area is 131 Å². The van der Waals surface area contributed by atoms with E-state index in [1.807, 2.05) is 42.1 Å². The number of rotatable bonds is 6. The maximum absolute atomic E-state index is 13.2. The van der Waals surface area contributed by atoms with Crippen LogP contribution in [-0.4, -0.2) is 17.5 Å². The Morgan fingerprint density at radius 1 is 1.00 bits per heavy atom. The van der Waals surface area contributed by atoms with E-state index in [0.29, 0.717) is 0 Å². The van der Waals surface area contributed by atoms with Gasteiger partial charge in [-0.05, 0) is 43.4 Å². The molecule has 1 atom stereocenters. The van der Waals surface area contributed by atoms with Crippen LogP contribution in [0.5, 0.6) is 0 Å². The van der Waals surface area contributed by atoms with E-state index in [-0.39, 0.29) is 16.6 Å². The summed E-state index contributed by atoms with van der Waals surface area (Å²) in [5.41, 5.74) is 2.28. The van der Waals surface area contributed by atoms with Crippen molar-refractivity contribution < 1.29 is 4.39 Å². The van der Waals surface area contributed by atoms with Gasteiger partial charge in [-0.15, -0.1) is 0 Å². The van der Waals surface area contributed by atoms with Crippen molar-refractivity contribution in [3.8, 4) is 0 Å². The summed E-state index contributed by atoms with van der Waals surface area (Å²) < 4.78 is 13.3. The lowest BCUT2D eigenvalue weighted by Crippen LogP contribution is -2.35. The molecule has 21 heavy (non-hydrogen) atoms. The summed E-state index contributed by atoms with van der Waals surface area (Å²) in [7, 11) is 0. The van der Waals surface area contributed by atoms with Gasteiger partial charge in [0.2, 0.25) is 0 Å². The zero-order chi connectivity index (χ0) is 15.3. The average Bonchev–Trinajstić information content (AvgIpc) is 2.50. The molecule has 1 nitrogen and oxygen atoms in total. The zero-order valence-corrected chi connectivity index (χ0v) is 13.6. The second-order valence-corrected chi connectivity index (χ2v) is 7.25. The molecule has 0 fully saturated rings. The lowest BCUT2D eigenvalue weighted by Gasteiger charge is -2.27. The topological polar surface area (TPSA) is 12.0 Å². The van der Waals surface area contributed by atoms with Crippen LogP contribution in [0.4, 0.5) is 4.39 Å². The third-order valence-corrected chi connectivity index (χ3v) is 4.87. The second-order valence-electron chi connectivity index (χ2n) is 5.74. The largest absolute Gasteiger partial charge is 0.305 e. The van der Waals surface area contributed by atoms with E-state index in [4.69, 9.17) is 0 Å². The van der Waals surface area contributed by atoms with Crippen LogP contribution in [0.25, 0.3) is 0 Å². The predicted molar refractivity (Wildman–Crippen MR) is 90.3 cm³/mol. The van der Waals surface area contributed by atoms with Crippen LogP contribution in [0.2, 0.25) is 0 Å². The Hall–Kier alpha value is -1.32. The van der Waals surface area contributed by atoms with Crippen LogP contribution in [0, 0.1) is 5.82 Å². The molecule has 0 amide bonds. The number of halogens is 1. The van der Waals surface area contributed by atoms with E-state index in [1.54, 1.807) is 0 Å². The van der Waals surface area contributed by atoms with Crippen LogP contribution >= 0.6 is 11.8 Å². The lowest BCUT2D eigenvalue weighted by molar-refractivity contribution is 0.541. The standard InChI is InChI=1S/C18H22FNS/c1-18(2,21-3)13-20-17(14-7-5-4-6-8-14)15-9-11-16(19)12-10-15/h4-12,17,20H,13H2,1-3H3. The fourth-order valence-electron chi connectivity index (χ4n) is 2.15. The quantitative estimate of drug-likeness (QED) is 0.834. The molecule has 0 heterocycles. The van der Waals surface area contributed by atoms with E-state index in [1.165, 1.54) is 17.7 Å². The van der Waals surface area contributed by atoms with E-state index >= 15 is 0 Å². The molecule has 1 N–H and O–H groups in total. The Bertz CT molecular complexity index is 551. The Morgan fingerprint density at radius 2 is 1.57 bits per heavy atom. The fourth-order valence-corrected chi connectivity index (χ4v) is 2.38. The molecule has 0 aliphatic heterocycles. The molecule has 2 aromatic carbocycles. The van der Waals surface area contributed by atoms with E-state index in [9.17, 15) is 4.39 Å². The molecular formula is C18H22FNS. The summed E-state index contributed by atoms with van der Waals surface area (Å²) >= 11 is 1.84. The minimum atomic E-state index is -0.199. The van der Waals surface area contributed by atoms with Crippen molar-refractivity contribution >= 4 is 11.8 Å². The SMILES string of the molecule is CSC(C)(C)CNC(c1ccccc1)c1ccc(F)cc1. The Balaban J connectivity index is 2.25. The number of benzene rings is 2. The highest BCUT2D eigenvalue weighted by Crippen LogP contribution is 2.25. The van der Waals surface area contributed by atoms with Crippen LogP contribution in [0.3, 0.4) is 0 Å². The van der Waals surface area contributed by atoms with Gasteiger partial charge in [-0.25, -0.2) is 4.39 Å². The summed E-state index contributed by atoms with van der Waals surface area (Å²) in [4.78, 5) is 0. The minimum absolute atomic E-state index is 0.0817. The molecular weight excluding hydrogens is 281 g/mol. The van der Waals surface area contributed by atoms with Crippen molar-refractivity contribution in [1.29, 1.82) is 0 Å². The van der Waals surface area contributed by atoms with Crippen molar-refractivity contribution in [1.82, 2.24) is 5.32 Å². The van der Waals surface area contributed by atoms with E-state index in [0.717, 1.165) is 12.1 Å². The van der Waals surface area contributed by atoms with Crippen molar-refractivity contribution in [2.75, 3.05) is 12.8 Å². The molecule has 3 heteroatoms. The molecule has 0 aromatic heterocycles. The molecule has 0 radical (unpaired) electrons. The van der Waals surface area contributed by atoms with Crippen LogP contribution in [0.15, 0.2) is 54.6 Å². The summed E-state index contributed by atoms with van der Waals surface area (Å²) in [6.07, 6.45) is 2.12. The summed E-state index contributed by atoms with van der Waals surface area (Å²) in [6.45, 7) is 5.32. The van der Waals surface area contributed by atoms with Crippen molar-refractivity contribution in [3.05, 3.63) is 71.5 Å². The van der Waals surface area contributed by atoms with Gasteiger partial charge in [0.05, 0.1) is 6.04 Å². The van der Waals surface area contributed by atoms with E-state index < -0.39 is 0 Å². The van der Waals surface area contributed by atoms with Gasteiger partial charge in [-0.3, -0.25) is 0 Å². The number of hydrogen-bond donors (Lipinski definition) is 1. The predicted octanol–water partition coefficient (Wildman–Crippen LogP) is 4.65. The second kappa shape index (κ2) is 7.10. The van der Waals surface area contributed by atoms with Gasteiger partial charge in [0.15, 0.2) is 0 Å². The smallest absolute Gasteiger partial charge is 0.123 e. The number of nitrogens with one attached hydrogen (secondary N) is 1. The first-order valence-corrected chi connectivity index (χ1v) is 8.33. The van der Waals surface area contributed by atoms with Gasteiger partial charge in [0, 0.05) is 11.3 Å². The van der Waals surface area contributed by atoms with E-state index in [2.05, 4.69) is 37.6 Å². The van der Waals surface area contributed by atoms with Gasteiger partial charge in [-0.2, -0.15) is 11.8 Å². The van der Waals surface area contributed by atoms with Crippen LogP contribution in [0.1, 0.15) is 31.0 Å². The normalized spacial score (nSPS) is 13.1. The highest BCUT2D eigenvalue weighted by atomic mass is 32.2. The maximum Gasteiger partial charge on any atom is 0.123 e. The van der Waals surface area contributed by atoms with Crippen molar-refractivity contribution in [3.63, 3.8) is 0 Å². The lowest BCUT2D eigenvalue weighted by atomic mass is 9.98. The maximum atomic E-state index is 13.2. The molecule has 2 rings (SSSR count). The average molecular weight is 303 g/mol. The van der Waals surface area contributed by atoms with Gasteiger partial charge in [0.25, 0.3) is 0 Å². The first kappa shape index (κ1) is 16.1. The monoisotopic (exact) mass is 303 g/mol. The van der Waals surface area contributed by atoms with Gasteiger partial charge in [0.1, 0.15) is 5.82 Å². The van der Waals surface area contributed by atoms with Crippen LogP contribution < -0.4 is 5.32 Å². The first-order valence-electron chi connectivity index (χ1n) is 7.11. The molecule has 0 aliphatic carbocycles. The summed E-state index contributed by atoms with van der Waals surface area (Å²) in [6, 6.07) is 17.1. The van der Waals surface area contributed by atoms with Gasteiger partial charge in [-0.1, -0.05) is 42.5 Å². The summed E-state index contributed by atoms with van der Waals surface area (Å²) in [5, 5.41) is 3.62. The molecule has 2 aromatic rings. The van der Waals surface area contributed by atoms with Gasteiger partial charge >= 0.3 is 0 Å². The third-order valence-electron chi connectivity index (χ3n) is 3.62. The highest BCUT2D eigenvalue weighted by molar-refractivity contribution is 7.99. The summed E-state index contributed by atoms with van der Waals surface area (Å²) in [5.74, 6) is -0.199. The van der Waals surface area contributed by atoms with Crippen LogP contribution in [-0.2, 0) is 0 Å². The Kier molecular flexibility index (Phi) is 5.43. The highest BCUT2D eigenvalue weighted by Gasteiger charge is 2.20. The molecule has 1 unspecified atom stereocenters. The molecule has 0 bridgehead atoms. The number of thioether (sulfide) groups is 1. The van der Waals surface area contributed by atoms with Gasteiger partial charge < -0.3 is 5.32 Å². The molecule has 112 valence electrons.